The van der Waals surface area contributed by atoms with Crippen molar-refractivity contribution in [2.24, 2.45) is 0 Å². The lowest BCUT2D eigenvalue weighted by Crippen LogP contribution is -2.27. The molecule has 0 fully saturated rings. The number of thiophene rings is 1. The molecule has 134 valence electrons. The van der Waals surface area contributed by atoms with Crippen molar-refractivity contribution in [1.29, 1.82) is 0 Å². The molecule has 6 nitrogen and oxygen atoms in total. The number of hydrogen-bond donors (Lipinski definition) is 1. The summed E-state index contributed by atoms with van der Waals surface area (Å²) in [5.41, 5.74) is 0.612. The van der Waals surface area contributed by atoms with E-state index in [-0.39, 0.29) is 36.2 Å². The van der Waals surface area contributed by atoms with Gasteiger partial charge < -0.3 is 9.84 Å². The van der Waals surface area contributed by atoms with Gasteiger partial charge in [0.2, 0.25) is 17.6 Å². The molecule has 0 radical (unpaired) electrons. The first-order chi connectivity index (χ1) is 12.5. The van der Waals surface area contributed by atoms with Crippen LogP contribution >= 0.6 is 11.3 Å². The fraction of sp³-hybridized carbons (Fsp3) is 0.222. The van der Waals surface area contributed by atoms with E-state index in [4.69, 9.17) is 4.52 Å². The van der Waals surface area contributed by atoms with Gasteiger partial charge in [-0.3, -0.25) is 9.59 Å². The van der Waals surface area contributed by atoms with Crippen LogP contribution in [-0.2, 0) is 4.79 Å². The number of aromatic nitrogens is 2. The second kappa shape index (κ2) is 8.01. The summed E-state index contributed by atoms with van der Waals surface area (Å²) in [4.78, 5) is 28.8. The molecule has 1 N–H and O–H groups in total. The van der Waals surface area contributed by atoms with Crippen molar-refractivity contribution < 1.29 is 18.5 Å². The summed E-state index contributed by atoms with van der Waals surface area (Å²) in [5.74, 6) is -0.130. The van der Waals surface area contributed by atoms with E-state index in [9.17, 15) is 14.0 Å². The van der Waals surface area contributed by atoms with E-state index < -0.39 is 6.04 Å². The molecule has 0 aliphatic rings. The Balaban J connectivity index is 1.54. The summed E-state index contributed by atoms with van der Waals surface area (Å²) in [5, 5.41) is 8.39. The summed E-state index contributed by atoms with van der Waals surface area (Å²) in [7, 11) is 0. The third-order valence-corrected chi connectivity index (χ3v) is 4.58. The summed E-state index contributed by atoms with van der Waals surface area (Å²) >= 11 is 1.36. The lowest BCUT2D eigenvalue weighted by atomic mass is 10.2. The van der Waals surface area contributed by atoms with Gasteiger partial charge in [-0.1, -0.05) is 11.2 Å². The van der Waals surface area contributed by atoms with Crippen molar-refractivity contribution in [3.05, 3.63) is 58.4 Å². The van der Waals surface area contributed by atoms with E-state index >= 15 is 0 Å². The number of amides is 1. The van der Waals surface area contributed by atoms with Gasteiger partial charge in [0.15, 0.2) is 5.78 Å². The molecule has 1 aromatic carbocycles. The topological polar surface area (TPSA) is 85.1 Å². The molecule has 0 spiro atoms. The molecule has 8 heteroatoms. The minimum Gasteiger partial charge on any atom is -0.345 e. The van der Waals surface area contributed by atoms with Crippen molar-refractivity contribution in [1.82, 2.24) is 15.5 Å². The van der Waals surface area contributed by atoms with E-state index in [0.717, 1.165) is 0 Å². The van der Waals surface area contributed by atoms with Gasteiger partial charge in [0, 0.05) is 18.4 Å². The van der Waals surface area contributed by atoms with Gasteiger partial charge in [0.1, 0.15) is 11.9 Å². The largest absolute Gasteiger partial charge is 0.345 e. The third kappa shape index (κ3) is 4.40. The summed E-state index contributed by atoms with van der Waals surface area (Å²) in [6, 6.07) is 8.74. The molecule has 26 heavy (non-hydrogen) atoms. The minimum atomic E-state index is -0.499. The van der Waals surface area contributed by atoms with Crippen LogP contribution in [0.1, 0.15) is 41.4 Å². The summed E-state index contributed by atoms with van der Waals surface area (Å²) < 4.78 is 18.1. The van der Waals surface area contributed by atoms with Gasteiger partial charge in [0.05, 0.1) is 4.88 Å². The Morgan fingerprint density at radius 2 is 2.00 bits per heavy atom. The van der Waals surface area contributed by atoms with Crippen LogP contribution in [0.15, 0.2) is 46.3 Å². The SMILES string of the molecule is C[C@@H](NC(=O)CCC(=O)c1cccs1)c1nc(-c2ccc(F)cc2)no1. The molecule has 0 aliphatic carbocycles. The molecule has 0 saturated carbocycles. The second-order valence-corrected chi connectivity index (χ2v) is 6.60. The fourth-order valence-electron chi connectivity index (χ4n) is 2.29. The van der Waals surface area contributed by atoms with Gasteiger partial charge in [0.25, 0.3) is 0 Å². The van der Waals surface area contributed by atoms with Gasteiger partial charge >= 0.3 is 0 Å². The van der Waals surface area contributed by atoms with Crippen LogP contribution in [0.5, 0.6) is 0 Å². The zero-order chi connectivity index (χ0) is 18.5. The number of halogens is 1. The molecule has 1 atom stereocenters. The highest BCUT2D eigenvalue weighted by Gasteiger charge is 2.18. The number of ketones is 1. The van der Waals surface area contributed by atoms with Crippen LogP contribution in [-0.4, -0.2) is 21.8 Å². The van der Waals surface area contributed by atoms with E-state index in [2.05, 4.69) is 15.5 Å². The number of hydrogen-bond acceptors (Lipinski definition) is 6. The molecule has 3 aromatic rings. The maximum Gasteiger partial charge on any atom is 0.249 e. The fourth-order valence-corrected chi connectivity index (χ4v) is 2.98. The van der Waals surface area contributed by atoms with Crippen molar-refractivity contribution >= 4 is 23.0 Å². The Morgan fingerprint density at radius 3 is 2.69 bits per heavy atom. The molecule has 1 amide bonds. The number of carbonyl (C=O) groups excluding carboxylic acids is 2. The first-order valence-corrected chi connectivity index (χ1v) is 8.86. The Bertz CT molecular complexity index is 891. The predicted octanol–water partition coefficient (Wildman–Crippen LogP) is 3.78. The first-order valence-electron chi connectivity index (χ1n) is 7.98. The van der Waals surface area contributed by atoms with Crippen LogP contribution in [0, 0.1) is 5.82 Å². The predicted molar refractivity (Wildman–Crippen MR) is 94.1 cm³/mol. The molecule has 3 rings (SSSR count). The smallest absolute Gasteiger partial charge is 0.249 e. The van der Waals surface area contributed by atoms with Gasteiger partial charge in [-0.15, -0.1) is 11.3 Å². The van der Waals surface area contributed by atoms with E-state index in [1.807, 2.05) is 5.38 Å². The highest BCUT2D eigenvalue weighted by atomic mass is 32.1. The standard InChI is InChI=1S/C18H16FN3O3S/c1-11(20-16(24)9-8-14(23)15-3-2-10-26-15)18-21-17(22-25-18)12-4-6-13(19)7-5-12/h2-7,10-11H,8-9H2,1H3,(H,20,24)/t11-/m1/s1. The number of carbonyl (C=O) groups is 2. The quantitative estimate of drug-likeness (QED) is 0.637. The molecule has 2 heterocycles. The van der Waals surface area contributed by atoms with Crippen molar-refractivity contribution in [3.63, 3.8) is 0 Å². The summed E-state index contributed by atoms with van der Waals surface area (Å²) in [6.45, 7) is 1.71. The lowest BCUT2D eigenvalue weighted by Gasteiger charge is -2.09. The van der Waals surface area contributed by atoms with Crippen LogP contribution in [0.2, 0.25) is 0 Å². The zero-order valence-electron chi connectivity index (χ0n) is 13.9. The Labute approximate surface area is 153 Å². The van der Waals surface area contributed by atoms with Gasteiger partial charge in [-0.05, 0) is 42.6 Å². The summed E-state index contributed by atoms with van der Waals surface area (Å²) in [6.07, 6.45) is 0.226. The maximum absolute atomic E-state index is 13.0. The molecule has 0 saturated heterocycles. The van der Waals surface area contributed by atoms with Crippen LogP contribution in [0.3, 0.4) is 0 Å². The third-order valence-electron chi connectivity index (χ3n) is 3.67. The maximum atomic E-state index is 13.0. The Kier molecular flexibility index (Phi) is 5.52. The van der Waals surface area contributed by atoms with Gasteiger partial charge in [-0.25, -0.2) is 4.39 Å². The van der Waals surface area contributed by atoms with Crippen molar-refractivity contribution in [2.45, 2.75) is 25.8 Å². The van der Waals surface area contributed by atoms with Crippen LogP contribution in [0.4, 0.5) is 4.39 Å². The van der Waals surface area contributed by atoms with Crippen LogP contribution in [0.25, 0.3) is 11.4 Å². The minimum absolute atomic E-state index is 0.0563. The molecule has 0 unspecified atom stereocenters. The van der Waals surface area contributed by atoms with E-state index in [1.165, 1.54) is 23.5 Å². The lowest BCUT2D eigenvalue weighted by molar-refractivity contribution is -0.121. The number of nitrogens with zero attached hydrogens (tertiary/aromatic N) is 2. The Morgan fingerprint density at radius 1 is 1.23 bits per heavy atom. The highest BCUT2D eigenvalue weighted by molar-refractivity contribution is 7.12. The monoisotopic (exact) mass is 373 g/mol. The van der Waals surface area contributed by atoms with Gasteiger partial charge in [-0.2, -0.15) is 4.98 Å². The van der Waals surface area contributed by atoms with Crippen LogP contribution < -0.4 is 5.32 Å². The molecular weight excluding hydrogens is 357 g/mol. The zero-order valence-corrected chi connectivity index (χ0v) is 14.8. The Hall–Kier alpha value is -2.87. The molecule has 0 aliphatic heterocycles. The average Bonchev–Trinajstić information content (AvgIpc) is 3.32. The molecular formula is C18H16FN3O3S. The number of nitrogens with one attached hydrogen (secondary N) is 1. The van der Waals surface area contributed by atoms with E-state index in [0.29, 0.717) is 16.3 Å². The first kappa shape index (κ1) is 17.9. The second-order valence-electron chi connectivity index (χ2n) is 5.65. The van der Waals surface area contributed by atoms with E-state index in [1.54, 1.807) is 31.2 Å². The highest BCUT2D eigenvalue weighted by Crippen LogP contribution is 2.19. The normalized spacial score (nSPS) is 11.9. The average molecular weight is 373 g/mol. The van der Waals surface area contributed by atoms with Crippen molar-refractivity contribution in [3.8, 4) is 11.4 Å². The molecule has 0 bridgehead atoms. The number of rotatable bonds is 7. The number of Topliss-reactive ketones (excluding diaryl/α,β-unsaturated/α-hetero) is 1. The molecule has 2 aromatic heterocycles. The van der Waals surface area contributed by atoms with Crippen molar-refractivity contribution in [2.75, 3.05) is 0 Å². The number of benzene rings is 1.